The number of halogens is 1. The van der Waals surface area contributed by atoms with Crippen molar-refractivity contribution in [3.8, 4) is 6.07 Å². The summed E-state index contributed by atoms with van der Waals surface area (Å²) >= 11 is 3.44. The Morgan fingerprint density at radius 3 is 2.80 bits per heavy atom. The van der Waals surface area contributed by atoms with Crippen LogP contribution in [0.4, 0.5) is 11.4 Å². The molecule has 1 heterocycles. The van der Waals surface area contributed by atoms with Crippen molar-refractivity contribution in [2.75, 3.05) is 4.90 Å². The quantitative estimate of drug-likeness (QED) is 0.758. The number of hydrogen-bond donors (Lipinski definition) is 0. The maximum Gasteiger partial charge on any atom is 0.101 e. The van der Waals surface area contributed by atoms with Gasteiger partial charge in [0.2, 0.25) is 0 Å². The van der Waals surface area contributed by atoms with Gasteiger partial charge in [0.15, 0.2) is 0 Å². The minimum Gasteiger partial charge on any atom is -0.337 e. The molecule has 1 atom stereocenters. The third-order valence-corrected chi connectivity index (χ3v) is 4.45. The van der Waals surface area contributed by atoms with Gasteiger partial charge in [0.05, 0.1) is 11.3 Å². The third-order valence-electron chi connectivity index (χ3n) is 3.80. The van der Waals surface area contributed by atoms with Gasteiger partial charge in [0.1, 0.15) is 6.07 Å². The first kappa shape index (κ1) is 13.2. The van der Waals surface area contributed by atoms with Gasteiger partial charge in [-0.05, 0) is 42.7 Å². The number of anilines is 2. The molecule has 0 amide bonds. The van der Waals surface area contributed by atoms with Crippen LogP contribution >= 0.6 is 15.9 Å². The molecule has 0 saturated carbocycles. The summed E-state index contributed by atoms with van der Waals surface area (Å²) in [5, 5.41) is 10.2. The molecular formula is C17H15BrN2. The Labute approximate surface area is 127 Å². The Kier molecular flexibility index (Phi) is 3.50. The molecular weight excluding hydrogens is 312 g/mol. The summed E-state index contributed by atoms with van der Waals surface area (Å²) < 4.78 is 0. The molecule has 2 nitrogen and oxygen atoms in total. The van der Waals surface area contributed by atoms with Crippen molar-refractivity contribution >= 4 is 27.3 Å². The summed E-state index contributed by atoms with van der Waals surface area (Å²) in [6.45, 7) is 2.21. The van der Waals surface area contributed by atoms with E-state index >= 15 is 0 Å². The third kappa shape index (κ3) is 2.10. The van der Waals surface area contributed by atoms with Crippen LogP contribution in [0.3, 0.4) is 0 Å². The molecule has 3 rings (SSSR count). The fourth-order valence-corrected chi connectivity index (χ4v) is 3.25. The molecule has 20 heavy (non-hydrogen) atoms. The number of hydrogen-bond acceptors (Lipinski definition) is 2. The minimum absolute atomic E-state index is 0.384. The van der Waals surface area contributed by atoms with Gasteiger partial charge in [-0.2, -0.15) is 5.26 Å². The molecule has 1 unspecified atom stereocenters. The summed E-state index contributed by atoms with van der Waals surface area (Å²) in [6, 6.07) is 17.3. The van der Waals surface area contributed by atoms with Crippen LogP contribution in [0.25, 0.3) is 0 Å². The standard InChI is InChI=1S/C17H15BrN2/c1-12-8-14-4-2-3-5-16(14)20(12)17-7-6-13(10-18)9-15(17)11-19/h2-7,9,12H,8,10H2,1H3. The summed E-state index contributed by atoms with van der Waals surface area (Å²) in [7, 11) is 0. The van der Waals surface area contributed by atoms with E-state index in [1.54, 1.807) is 0 Å². The van der Waals surface area contributed by atoms with E-state index in [2.05, 4.69) is 70.2 Å². The van der Waals surface area contributed by atoms with Gasteiger partial charge in [0.25, 0.3) is 0 Å². The van der Waals surface area contributed by atoms with Gasteiger partial charge >= 0.3 is 0 Å². The molecule has 0 saturated heterocycles. The van der Waals surface area contributed by atoms with E-state index in [4.69, 9.17) is 0 Å². The van der Waals surface area contributed by atoms with Crippen molar-refractivity contribution in [2.24, 2.45) is 0 Å². The normalized spacial score (nSPS) is 16.9. The van der Waals surface area contributed by atoms with Crippen LogP contribution in [0.15, 0.2) is 42.5 Å². The lowest BCUT2D eigenvalue weighted by molar-refractivity contribution is 0.758. The van der Waals surface area contributed by atoms with Gasteiger partial charge in [-0.1, -0.05) is 40.2 Å². The molecule has 0 aliphatic carbocycles. The van der Waals surface area contributed by atoms with E-state index in [0.717, 1.165) is 28.6 Å². The van der Waals surface area contributed by atoms with Crippen LogP contribution in [0.5, 0.6) is 0 Å². The second kappa shape index (κ2) is 5.30. The number of nitrogens with zero attached hydrogens (tertiary/aromatic N) is 2. The van der Waals surface area contributed by atoms with Crippen LogP contribution in [0, 0.1) is 11.3 Å². The highest BCUT2D eigenvalue weighted by Gasteiger charge is 2.28. The Balaban J connectivity index is 2.12. The van der Waals surface area contributed by atoms with E-state index in [0.29, 0.717) is 6.04 Å². The lowest BCUT2D eigenvalue weighted by Crippen LogP contribution is -2.24. The first-order valence-electron chi connectivity index (χ1n) is 6.70. The molecule has 0 N–H and O–H groups in total. The van der Waals surface area contributed by atoms with Crippen LogP contribution in [-0.2, 0) is 11.8 Å². The molecule has 0 spiro atoms. The van der Waals surface area contributed by atoms with E-state index in [1.807, 2.05) is 6.07 Å². The van der Waals surface area contributed by atoms with Crippen LogP contribution < -0.4 is 4.90 Å². The fraction of sp³-hybridized carbons (Fsp3) is 0.235. The Bertz CT molecular complexity index is 688. The molecule has 0 bridgehead atoms. The molecule has 2 aromatic rings. The van der Waals surface area contributed by atoms with Crippen molar-refractivity contribution < 1.29 is 0 Å². The zero-order valence-electron chi connectivity index (χ0n) is 11.3. The van der Waals surface area contributed by atoms with Crippen molar-refractivity contribution in [2.45, 2.75) is 24.7 Å². The summed E-state index contributed by atoms with van der Waals surface area (Å²) in [5.74, 6) is 0. The van der Waals surface area contributed by atoms with Crippen LogP contribution in [0.1, 0.15) is 23.6 Å². The minimum atomic E-state index is 0.384. The zero-order chi connectivity index (χ0) is 14.1. The Morgan fingerprint density at radius 2 is 2.05 bits per heavy atom. The molecule has 0 radical (unpaired) electrons. The van der Waals surface area contributed by atoms with E-state index in [9.17, 15) is 5.26 Å². The van der Waals surface area contributed by atoms with Gasteiger partial charge in [-0.25, -0.2) is 0 Å². The molecule has 1 aliphatic heterocycles. The zero-order valence-corrected chi connectivity index (χ0v) is 12.9. The number of nitriles is 1. The highest BCUT2D eigenvalue weighted by molar-refractivity contribution is 9.08. The van der Waals surface area contributed by atoms with E-state index in [-0.39, 0.29) is 0 Å². The molecule has 100 valence electrons. The molecule has 1 aliphatic rings. The van der Waals surface area contributed by atoms with Crippen molar-refractivity contribution in [1.82, 2.24) is 0 Å². The molecule has 0 aromatic heterocycles. The monoisotopic (exact) mass is 326 g/mol. The lowest BCUT2D eigenvalue weighted by Gasteiger charge is -2.26. The maximum absolute atomic E-state index is 9.44. The van der Waals surface area contributed by atoms with Gasteiger partial charge in [-0.3, -0.25) is 0 Å². The van der Waals surface area contributed by atoms with Crippen LogP contribution in [-0.4, -0.2) is 6.04 Å². The SMILES string of the molecule is CC1Cc2ccccc2N1c1ccc(CBr)cc1C#N. The summed E-state index contributed by atoms with van der Waals surface area (Å²) in [6.07, 6.45) is 1.03. The molecule has 2 aromatic carbocycles. The second-order valence-corrected chi connectivity index (χ2v) is 5.71. The highest BCUT2D eigenvalue weighted by Crippen LogP contribution is 2.39. The average Bonchev–Trinajstić information content (AvgIpc) is 2.82. The fourth-order valence-electron chi connectivity index (χ4n) is 2.90. The smallest absolute Gasteiger partial charge is 0.101 e. The summed E-state index contributed by atoms with van der Waals surface area (Å²) in [4.78, 5) is 2.28. The second-order valence-electron chi connectivity index (χ2n) is 5.15. The average molecular weight is 327 g/mol. The van der Waals surface area contributed by atoms with E-state index < -0.39 is 0 Å². The first-order valence-corrected chi connectivity index (χ1v) is 7.83. The molecule has 3 heteroatoms. The van der Waals surface area contributed by atoms with Gasteiger partial charge in [-0.15, -0.1) is 0 Å². The van der Waals surface area contributed by atoms with Gasteiger partial charge < -0.3 is 4.90 Å². The summed E-state index contributed by atoms with van der Waals surface area (Å²) in [5.41, 5.74) is 5.46. The van der Waals surface area contributed by atoms with Crippen molar-refractivity contribution in [3.63, 3.8) is 0 Å². The first-order chi connectivity index (χ1) is 9.74. The lowest BCUT2D eigenvalue weighted by atomic mass is 10.1. The maximum atomic E-state index is 9.44. The molecule has 0 fully saturated rings. The topological polar surface area (TPSA) is 27.0 Å². The number of benzene rings is 2. The van der Waals surface area contributed by atoms with Crippen molar-refractivity contribution in [1.29, 1.82) is 5.26 Å². The van der Waals surface area contributed by atoms with Gasteiger partial charge in [0, 0.05) is 17.1 Å². The highest BCUT2D eigenvalue weighted by atomic mass is 79.9. The predicted octanol–water partition coefficient (Wildman–Crippen LogP) is 4.54. The Morgan fingerprint density at radius 1 is 1.25 bits per heavy atom. The van der Waals surface area contributed by atoms with Crippen LogP contribution in [0.2, 0.25) is 0 Å². The number of alkyl halides is 1. The predicted molar refractivity (Wildman–Crippen MR) is 85.5 cm³/mol. The largest absolute Gasteiger partial charge is 0.337 e. The number of rotatable bonds is 2. The Hall–Kier alpha value is -1.79. The number of para-hydroxylation sites is 1. The van der Waals surface area contributed by atoms with Crippen molar-refractivity contribution in [3.05, 3.63) is 59.2 Å². The van der Waals surface area contributed by atoms with E-state index in [1.165, 1.54) is 11.3 Å². The number of fused-ring (bicyclic) bond motifs is 1.